The first-order valence-electron chi connectivity index (χ1n) is 9.33. The third kappa shape index (κ3) is 3.79. The third-order valence-electron chi connectivity index (χ3n) is 4.75. The number of nitrogens with zero attached hydrogens (tertiary/aromatic N) is 3. The molecule has 1 aromatic heterocycles. The van der Waals surface area contributed by atoms with Crippen LogP contribution in [0.5, 0.6) is 0 Å². The lowest BCUT2D eigenvalue weighted by Gasteiger charge is -2.19. The normalized spacial score (nSPS) is 13.2. The van der Waals surface area contributed by atoms with Crippen LogP contribution in [0.15, 0.2) is 30.3 Å². The van der Waals surface area contributed by atoms with E-state index < -0.39 is 0 Å². The lowest BCUT2D eigenvalue weighted by molar-refractivity contribution is 0.0786. The molecule has 0 bridgehead atoms. The number of benzene rings is 1. The smallest absolute Gasteiger partial charge is 0.291 e. The zero-order valence-corrected chi connectivity index (χ0v) is 15.5. The van der Waals surface area contributed by atoms with Crippen LogP contribution < -0.4 is 5.32 Å². The number of carbonyl (C=O) groups is 2. The topological polar surface area (TPSA) is 67.2 Å². The van der Waals surface area contributed by atoms with E-state index in [1.54, 1.807) is 11.9 Å². The van der Waals surface area contributed by atoms with Gasteiger partial charge in [-0.05, 0) is 37.8 Å². The van der Waals surface area contributed by atoms with E-state index in [1.165, 1.54) is 0 Å². The van der Waals surface area contributed by atoms with E-state index in [9.17, 15) is 9.59 Å². The Morgan fingerprint density at radius 2 is 2.00 bits per heavy atom. The summed E-state index contributed by atoms with van der Waals surface area (Å²) in [5.41, 5.74) is 2.04. The molecular weight excluding hydrogens is 328 g/mol. The summed E-state index contributed by atoms with van der Waals surface area (Å²) in [6, 6.07) is 9.31. The molecule has 26 heavy (non-hydrogen) atoms. The summed E-state index contributed by atoms with van der Waals surface area (Å²) in [7, 11) is 1.80. The SMILES string of the molecule is CCCCN(C)C(=O)c1nc(C(=O)Nc2ccccc2)n2c1CCCC2. The summed E-state index contributed by atoms with van der Waals surface area (Å²) in [6.07, 6.45) is 4.79. The number of fused-ring (bicyclic) bond motifs is 1. The van der Waals surface area contributed by atoms with Crippen LogP contribution in [0, 0.1) is 0 Å². The maximum atomic E-state index is 12.8. The van der Waals surface area contributed by atoms with Gasteiger partial charge in [0.1, 0.15) is 5.69 Å². The van der Waals surface area contributed by atoms with Gasteiger partial charge in [-0.2, -0.15) is 0 Å². The summed E-state index contributed by atoms with van der Waals surface area (Å²) in [5, 5.41) is 2.88. The highest BCUT2D eigenvalue weighted by atomic mass is 16.2. The van der Waals surface area contributed by atoms with Crippen LogP contribution in [0.4, 0.5) is 5.69 Å². The van der Waals surface area contributed by atoms with Crippen molar-refractivity contribution in [1.29, 1.82) is 0 Å². The quantitative estimate of drug-likeness (QED) is 0.865. The molecule has 2 heterocycles. The number of amides is 2. The summed E-state index contributed by atoms with van der Waals surface area (Å²) in [4.78, 5) is 31.8. The Morgan fingerprint density at radius 1 is 1.23 bits per heavy atom. The number of aromatic nitrogens is 2. The number of carbonyl (C=O) groups excluding carboxylic acids is 2. The van der Waals surface area contributed by atoms with Crippen LogP contribution in [0.1, 0.15) is 59.4 Å². The van der Waals surface area contributed by atoms with Gasteiger partial charge in [0.15, 0.2) is 5.82 Å². The molecule has 1 N–H and O–H groups in total. The molecule has 138 valence electrons. The second-order valence-electron chi connectivity index (χ2n) is 6.74. The van der Waals surface area contributed by atoms with Crippen molar-refractivity contribution in [2.75, 3.05) is 18.9 Å². The number of unbranched alkanes of at least 4 members (excludes halogenated alkanes) is 1. The van der Waals surface area contributed by atoms with E-state index in [0.717, 1.165) is 50.0 Å². The molecule has 0 fully saturated rings. The summed E-state index contributed by atoms with van der Waals surface area (Å²) < 4.78 is 1.92. The average molecular weight is 354 g/mol. The fourth-order valence-electron chi connectivity index (χ4n) is 3.27. The highest BCUT2D eigenvalue weighted by Crippen LogP contribution is 2.23. The van der Waals surface area contributed by atoms with Gasteiger partial charge in [-0.25, -0.2) is 4.98 Å². The molecule has 0 atom stereocenters. The maximum absolute atomic E-state index is 12.8. The number of hydrogen-bond donors (Lipinski definition) is 1. The minimum atomic E-state index is -0.269. The van der Waals surface area contributed by atoms with E-state index in [4.69, 9.17) is 0 Å². The fourth-order valence-corrected chi connectivity index (χ4v) is 3.27. The number of nitrogens with one attached hydrogen (secondary N) is 1. The molecule has 1 aromatic carbocycles. The standard InChI is InChI=1S/C20H26N4O2/c1-3-4-13-23(2)20(26)17-16-12-8-9-14-24(16)18(22-17)19(25)21-15-10-6-5-7-11-15/h5-7,10-11H,3-4,8-9,12-14H2,1-2H3,(H,21,25). The van der Waals surface area contributed by atoms with E-state index >= 15 is 0 Å². The van der Waals surface area contributed by atoms with Gasteiger partial charge in [-0.3, -0.25) is 9.59 Å². The summed E-state index contributed by atoms with van der Waals surface area (Å²) in [5.74, 6) is -0.0340. The minimum absolute atomic E-state index is 0.0946. The molecule has 0 spiro atoms. The van der Waals surface area contributed by atoms with Gasteiger partial charge in [0, 0.05) is 25.8 Å². The number of hydrogen-bond acceptors (Lipinski definition) is 3. The Hall–Kier alpha value is -2.63. The Balaban J connectivity index is 1.88. The fraction of sp³-hybridized carbons (Fsp3) is 0.450. The van der Waals surface area contributed by atoms with Crippen molar-refractivity contribution in [3.05, 3.63) is 47.5 Å². The van der Waals surface area contributed by atoms with E-state index in [0.29, 0.717) is 18.1 Å². The Bertz CT molecular complexity index is 783. The zero-order chi connectivity index (χ0) is 18.5. The maximum Gasteiger partial charge on any atom is 0.291 e. The average Bonchev–Trinajstić information content (AvgIpc) is 3.06. The van der Waals surface area contributed by atoms with Crippen LogP contribution in [-0.2, 0) is 13.0 Å². The van der Waals surface area contributed by atoms with Gasteiger partial charge in [-0.15, -0.1) is 0 Å². The van der Waals surface area contributed by atoms with Crippen molar-refractivity contribution >= 4 is 17.5 Å². The molecule has 0 unspecified atom stereocenters. The molecule has 6 heteroatoms. The second-order valence-corrected chi connectivity index (χ2v) is 6.74. The van der Waals surface area contributed by atoms with Gasteiger partial charge in [0.05, 0.1) is 5.69 Å². The van der Waals surface area contributed by atoms with Gasteiger partial charge >= 0.3 is 0 Å². The van der Waals surface area contributed by atoms with Gasteiger partial charge in [0.2, 0.25) is 0 Å². The van der Waals surface area contributed by atoms with Crippen molar-refractivity contribution in [2.24, 2.45) is 0 Å². The molecule has 0 saturated heterocycles. The monoisotopic (exact) mass is 354 g/mol. The highest BCUT2D eigenvalue weighted by Gasteiger charge is 2.28. The van der Waals surface area contributed by atoms with Crippen LogP contribution in [0.3, 0.4) is 0 Å². The molecule has 2 amide bonds. The number of imidazole rings is 1. The van der Waals surface area contributed by atoms with Crippen molar-refractivity contribution < 1.29 is 9.59 Å². The lowest BCUT2D eigenvalue weighted by Crippen LogP contribution is -2.29. The molecule has 1 aliphatic heterocycles. The molecule has 0 radical (unpaired) electrons. The molecule has 1 aliphatic rings. The van der Waals surface area contributed by atoms with Crippen LogP contribution >= 0.6 is 0 Å². The highest BCUT2D eigenvalue weighted by molar-refractivity contribution is 6.03. The number of para-hydroxylation sites is 1. The number of rotatable bonds is 6. The summed E-state index contributed by atoms with van der Waals surface area (Å²) >= 11 is 0. The van der Waals surface area contributed by atoms with Crippen LogP contribution in [-0.4, -0.2) is 39.9 Å². The second kappa shape index (κ2) is 8.17. The van der Waals surface area contributed by atoms with E-state index in [1.807, 2.05) is 34.9 Å². The molecule has 0 saturated carbocycles. The predicted molar refractivity (Wildman–Crippen MR) is 101 cm³/mol. The number of anilines is 1. The predicted octanol–water partition coefficient (Wildman–Crippen LogP) is 3.34. The Labute approximate surface area is 154 Å². The van der Waals surface area contributed by atoms with E-state index in [2.05, 4.69) is 17.2 Å². The lowest BCUT2D eigenvalue weighted by atomic mass is 10.1. The van der Waals surface area contributed by atoms with Crippen molar-refractivity contribution in [3.8, 4) is 0 Å². The molecule has 3 rings (SSSR count). The van der Waals surface area contributed by atoms with Crippen molar-refractivity contribution in [1.82, 2.24) is 14.5 Å². The molecule has 2 aromatic rings. The first kappa shape index (κ1) is 18.2. The Morgan fingerprint density at radius 3 is 2.73 bits per heavy atom. The van der Waals surface area contributed by atoms with Gasteiger partial charge in [0.25, 0.3) is 11.8 Å². The Kier molecular flexibility index (Phi) is 5.71. The largest absolute Gasteiger partial charge is 0.340 e. The molecule has 6 nitrogen and oxygen atoms in total. The third-order valence-corrected chi connectivity index (χ3v) is 4.75. The van der Waals surface area contributed by atoms with Gasteiger partial charge < -0.3 is 14.8 Å². The van der Waals surface area contributed by atoms with Crippen LogP contribution in [0.2, 0.25) is 0 Å². The first-order valence-corrected chi connectivity index (χ1v) is 9.33. The van der Waals surface area contributed by atoms with E-state index in [-0.39, 0.29) is 11.8 Å². The van der Waals surface area contributed by atoms with Crippen molar-refractivity contribution in [3.63, 3.8) is 0 Å². The molecular formula is C20H26N4O2. The minimum Gasteiger partial charge on any atom is -0.340 e. The summed E-state index contributed by atoms with van der Waals surface area (Å²) in [6.45, 7) is 3.53. The molecule has 0 aliphatic carbocycles. The zero-order valence-electron chi connectivity index (χ0n) is 15.5. The first-order chi connectivity index (χ1) is 12.6. The van der Waals surface area contributed by atoms with Crippen molar-refractivity contribution in [2.45, 2.75) is 45.6 Å². The van der Waals surface area contributed by atoms with Crippen LogP contribution in [0.25, 0.3) is 0 Å². The van der Waals surface area contributed by atoms with Gasteiger partial charge in [-0.1, -0.05) is 31.5 Å².